The maximum atomic E-state index is 13.4. The normalized spacial score (nSPS) is 27.0. The van der Waals surface area contributed by atoms with Crippen LogP contribution in [0.15, 0.2) is 42.0 Å². The van der Waals surface area contributed by atoms with Crippen LogP contribution in [0.25, 0.3) is 0 Å². The molecule has 2 aliphatic carbocycles. The van der Waals surface area contributed by atoms with Gasteiger partial charge in [-0.3, -0.25) is 9.59 Å². The lowest BCUT2D eigenvalue weighted by Crippen LogP contribution is -2.55. The van der Waals surface area contributed by atoms with Crippen LogP contribution in [0.1, 0.15) is 64.5 Å². The van der Waals surface area contributed by atoms with Gasteiger partial charge >= 0.3 is 0 Å². The Morgan fingerprint density at radius 2 is 1.83 bits per heavy atom. The summed E-state index contributed by atoms with van der Waals surface area (Å²) in [5.74, 6) is 0.254. The van der Waals surface area contributed by atoms with Gasteiger partial charge in [0.1, 0.15) is 0 Å². The number of nitrogens with one attached hydrogen (secondary N) is 1. The highest BCUT2D eigenvalue weighted by Gasteiger charge is 2.56. The van der Waals surface area contributed by atoms with Crippen molar-refractivity contribution in [2.75, 3.05) is 0 Å². The first-order chi connectivity index (χ1) is 11.4. The molecule has 0 saturated heterocycles. The van der Waals surface area contributed by atoms with Crippen molar-refractivity contribution in [3.8, 4) is 0 Å². The SMILES string of the molecule is C[C@H](NC(=O)[C@]12CCC(=O)C=C1CCCC2(C)C)c1ccccc1. The fourth-order valence-electron chi connectivity index (χ4n) is 4.57. The van der Waals surface area contributed by atoms with Crippen molar-refractivity contribution in [1.29, 1.82) is 0 Å². The summed E-state index contributed by atoms with van der Waals surface area (Å²) in [6.45, 7) is 6.39. The molecule has 2 atom stereocenters. The van der Waals surface area contributed by atoms with Gasteiger partial charge in [-0.25, -0.2) is 0 Å². The molecule has 3 rings (SSSR count). The van der Waals surface area contributed by atoms with Crippen molar-refractivity contribution >= 4 is 11.7 Å². The Bertz CT molecular complexity index is 674. The topological polar surface area (TPSA) is 46.2 Å². The maximum Gasteiger partial charge on any atom is 0.231 e. The molecule has 1 aromatic carbocycles. The second-order valence-electron chi connectivity index (χ2n) is 7.88. The molecule has 1 amide bonds. The van der Waals surface area contributed by atoms with Gasteiger partial charge < -0.3 is 5.32 Å². The van der Waals surface area contributed by atoms with Gasteiger partial charge in [0, 0.05) is 6.42 Å². The summed E-state index contributed by atoms with van der Waals surface area (Å²) in [6.07, 6.45) is 5.80. The van der Waals surface area contributed by atoms with Crippen LogP contribution in [0, 0.1) is 10.8 Å². The average molecular weight is 325 g/mol. The molecule has 0 heterocycles. The van der Waals surface area contributed by atoms with Crippen molar-refractivity contribution in [2.45, 2.75) is 58.9 Å². The summed E-state index contributed by atoms with van der Waals surface area (Å²) in [4.78, 5) is 25.3. The zero-order chi connectivity index (χ0) is 17.4. The van der Waals surface area contributed by atoms with Gasteiger partial charge in [-0.15, -0.1) is 0 Å². The van der Waals surface area contributed by atoms with E-state index in [1.54, 1.807) is 6.08 Å². The van der Waals surface area contributed by atoms with E-state index in [0.29, 0.717) is 12.8 Å². The molecule has 3 heteroatoms. The lowest BCUT2D eigenvalue weighted by molar-refractivity contribution is -0.139. The smallest absolute Gasteiger partial charge is 0.231 e. The summed E-state index contributed by atoms with van der Waals surface area (Å²) in [5.41, 5.74) is 1.49. The fourth-order valence-corrected chi connectivity index (χ4v) is 4.57. The van der Waals surface area contributed by atoms with E-state index in [1.807, 2.05) is 37.3 Å². The average Bonchev–Trinajstić information content (AvgIpc) is 2.55. The third-order valence-electron chi connectivity index (χ3n) is 6.07. The van der Waals surface area contributed by atoms with Crippen LogP contribution in [0.3, 0.4) is 0 Å². The number of amides is 1. The lowest BCUT2D eigenvalue weighted by Gasteiger charge is -2.52. The number of hydrogen-bond donors (Lipinski definition) is 1. The molecule has 128 valence electrons. The predicted molar refractivity (Wildman–Crippen MR) is 95.4 cm³/mol. The number of benzene rings is 1. The van der Waals surface area contributed by atoms with Crippen LogP contribution in [0.4, 0.5) is 0 Å². The third kappa shape index (κ3) is 2.70. The number of allylic oxidation sites excluding steroid dienone is 1. The molecule has 0 aliphatic heterocycles. The quantitative estimate of drug-likeness (QED) is 0.898. The molecule has 1 aromatic rings. The van der Waals surface area contributed by atoms with Crippen LogP contribution < -0.4 is 5.32 Å². The lowest BCUT2D eigenvalue weighted by atomic mass is 9.51. The molecule has 0 aromatic heterocycles. The van der Waals surface area contributed by atoms with Gasteiger partial charge in [-0.2, -0.15) is 0 Å². The number of carbonyl (C=O) groups excluding carboxylic acids is 2. The molecule has 0 bridgehead atoms. The summed E-state index contributed by atoms with van der Waals surface area (Å²) in [5, 5.41) is 3.24. The van der Waals surface area contributed by atoms with Crippen molar-refractivity contribution in [3.63, 3.8) is 0 Å². The van der Waals surface area contributed by atoms with Crippen molar-refractivity contribution in [3.05, 3.63) is 47.5 Å². The van der Waals surface area contributed by atoms with E-state index >= 15 is 0 Å². The molecule has 1 N–H and O–H groups in total. The predicted octanol–water partition coefficient (Wildman–Crippen LogP) is 4.35. The Hall–Kier alpha value is -1.90. The zero-order valence-corrected chi connectivity index (χ0v) is 14.9. The molecular weight excluding hydrogens is 298 g/mol. The van der Waals surface area contributed by atoms with Gasteiger partial charge in [0.25, 0.3) is 0 Å². The molecule has 24 heavy (non-hydrogen) atoms. The van der Waals surface area contributed by atoms with E-state index < -0.39 is 5.41 Å². The van der Waals surface area contributed by atoms with Gasteiger partial charge in [0.15, 0.2) is 5.78 Å². The minimum Gasteiger partial charge on any atom is -0.349 e. The number of rotatable bonds is 3. The molecule has 0 spiro atoms. The molecule has 0 radical (unpaired) electrons. The van der Waals surface area contributed by atoms with Crippen LogP contribution in [0.5, 0.6) is 0 Å². The Kier molecular flexibility index (Phi) is 4.37. The second kappa shape index (κ2) is 6.19. The van der Waals surface area contributed by atoms with Crippen molar-refractivity contribution in [2.24, 2.45) is 10.8 Å². The van der Waals surface area contributed by atoms with Gasteiger partial charge in [0.2, 0.25) is 5.91 Å². The Labute approximate surface area is 144 Å². The minimum absolute atomic E-state index is 0.0373. The van der Waals surface area contributed by atoms with Gasteiger partial charge in [-0.05, 0) is 49.7 Å². The summed E-state index contributed by atoms with van der Waals surface area (Å²) in [7, 11) is 0. The zero-order valence-electron chi connectivity index (χ0n) is 14.9. The summed E-state index contributed by atoms with van der Waals surface area (Å²) in [6, 6.07) is 10.0. The van der Waals surface area contributed by atoms with Crippen molar-refractivity contribution < 1.29 is 9.59 Å². The maximum absolute atomic E-state index is 13.4. The first kappa shape index (κ1) is 16.9. The Morgan fingerprint density at radius 3 is 2.54 bits per heavy atom. The van der Waals surface area contributed by atoms with Crippen LogP contribution in [0.2, 0.25) is 0 Å². The molecule has 3 nitrogen and oxygen atoms in total. The standard InChI is InChI=1S/C21H27NO2/c1-15(16-8-5-4-6-9-16)22-19(24)21-13-11-18(23)14-17(21)10-7-12-20(21,2)3/h4-6,8-9,14-15H,7,10-13H2,1-3H3,(H,22,24)/t15-,21-/m0/s1. The Morgan fingerprint density at radius 1 is 1.12 bits per heavy atom. The summed E-state index contributed by atoms with van der Waals surface area (Å²) < 4.78 is 0. The first-order valence-electron chi connectivity index (χ1n) is 8.97. The molecule has 1 fully saturated rings. The highest BCUT2D eigenvalue weighted by atomic mass is 16.2. The monoisotopic (exact) mass is 325 g/mol. The second-order valence-corrected chi connectivity index (χ2v) is 7.88. The van der Waals surface area contributed by atoms with Crippen LogP contribution in [-0.4, -0.2) is 11.7 Å². The number of hydrogen-bond acceptors (Lipinski definition) is 2. The molecule has 1 saturated carbocycles. The molecule has 0 unspecified atom stereocenters. The van der Waals surface area contributed by atoms with Gasteiger partial charge in [-0.1, -0.05) is 49.8 Å². The van der Waals surface area contributed by atoms with Crippen molar-refractivity contribution in [1.82, 2.24) is 5.32 Å². The number of fused-ring (bicyclic) bond motifs is 1. The molecular formula is C21H27NO2. The number of ketones is 1. The van der Waals surface area contributed by atoms with Gasteiger partial charge in [0.05, 0.1) is 11.5 Å². The number of carbonyl (C=O) groups is 2. The third-order valence-corrected chi connectivity index (χ3v) is 6.07. The van der Waals surface area contributed by atoms with E-state index in [9.17, 15) is 9.59 Å². The Balaban J connectivity index is 1.92. The van der Waals surface area contributed by atoms with E-state index in [2.05, 4.69) is 19.2 Å². The minimum atomic E-state index is -0.539. The summed E-state index contributed by atoms with van der Waals surface area (Å²) >= 11 is 0. The first-order valence-corrected chi connectivity index (χ1v) is 8.97. The van der Waals surface area contributed by atoms with E-state index in [4.69, 9.17) is 0 Å². The van der Waals surface area contributed by atoms with E-state index in [-0.39, 0.29) is 23.1 Å². The fraction of sp³-hybridized carbons (Fsp3) is 0.524. The van der Waals surface area contributed by atoms with Crippen LogP contribution >= 0.6 is 0 Å². The van der Waals surface area contributed by atoms with E-state index in [1.165, 1.54) is 0 Å². The highest BCUT2D eigenvalue weighted by Crippen LogP contribution is 2.57. The highest BCUT2D eigenvalue weighted by molar-refractivity contribution is 5.97. The van der Waals surface area contributed by atoms with Crippen LogP contribution in [-0.2, 0) is 9.59 Å². The largest absolute Gasteiger partial charge is 0.349 e. The van der Waals surface area contributed by atoms with E-state index in [0.717, 1.165) is 30.4 Å². The molecule has 2 aliphatic rings.